The highest BCUT2D eigenvalue weighted by Gasteiger charge is 2.26. The molecule has 0 saturated carbocycles. The van der Waals surface area contributed by atoms with Gasteiger partial charge in [-0.2, -0.15) is 0 Å². The number of fused-ring (bicyclic) bond motifs is 1. The summed E-state index contributed by atoms with van der Waals surface area (Å²) >= 11 is 0. The number of anilines is 2. The Balaban J connectivity index is 1.38. The van der Waals surface area contributed by atoms with Gasteiger partial charge in [0.2, 0.25) is 5.91 Å². The van der Waals surface area contributed by atoms with Crippen molar-refractivity contribution in [3.8, 4) is 5.75 Å². The number of benzene rings is 1. The molecule has 1 fully saturated rings. The van der Waals surface area contributed by atoms with E-state index in [9.17, 15) is 4.79 Å². The van der Waals surface area contributed by atoms with Crippen molar-refractivity contribution in [1.29, 1.82) is 0 Å². The van der Waals surface area contributed by atoms with E-state index in [4.69, 9.17) is 4.74 Å². The summed E-state index contributed by atoms with van der Waals surface area (Å²) < 4.78 is 5.13. The zero-order valence-electron chi connectivity index (χ0n) is 14.5. The summed E-state index contributed by atoms with van der Waals surface area (Å²) in [5.41, 5.74) is 2.29. The number of hydrogen-bond donors (Lipinski definition) is 2. The number of nitrogens with one attached hydrogen (secondary N) is 2. The quantitative estimate of drug-likeness (QED) is 0.747. The number of H-pyrrole nitrogens is 1. The molecular formula is C18H20N6O2. The molecule has 8 heteroatoms. The number of methoxy groups -OCH3 is 1. The number of rotatable bonds is 4. The van der Waals surface area contributed by atoms with Gasteiger partial charge in [0.25, 0.3) is 0 Å². The van der Waals surface area contributed by atoms with Crippen molar-refractivity contribution in [2.45, 2.75) is 12.8 Å². The van der Waals surface area contributed by atoms with E-state index in [1.54, 1.807) is 13.4 Å². The van der Waals surface area contributed by atoms with Crippen LogP contribution in [0.15, 0.2) is 36.9 Å². The van der Waals surface area contributed by atoms with Crippen LogP contribution in [-0.2, 0) is 4.79 Å². The molecule has 26 heavy (non-hydrogen) atoms. The van der Waals surface area contributed by atoms with Crippen LogP contribution in [0.25, 0.3) is 11.2 Å². The Morgan fingerprint density at radius 3 is 2.69 bits per heavy atom. The lowest BCUT2D eigenvalue weighted by Gasteiger charge is -2.32. The highest BCUT2D eigenvalue weighted by molar-refractivity contribution is 5.93. The normalized spacial score (nSPS) is 15.2. The van der Waals surface area contributed by atoms with E-state index in [2.05, 4.69) is 30.2 Å². The molecule has 1 aromatic carbocycles. The van der Waals surface area contributed by atoms with Gasteiger partial charge in [0.1, 0.15) is 17.6 Å². The fraction of sp³-hybridized carbons (Fsp3) is 0.333. The van der Waals surface area contributed by atoms with Crippen LogP contribution in [-0.4, -0.2) is 46.0 Å². The van der Waals surface area contributed by atoms with Crippen molar-refractivity contribution in [2.75, 3.05) is 30.4 Å². The first-order valence-electron chi connectivity index (χ1n) is 8.58. The molecule has 0 aliphatic carbocycles. The summed E-state index contributed by atoms with van der Waals surface area (Å²) in [6.07, 6.45) is 4.71. The van der Waals surface area contributed by atoms with Gasteiger partial charge in [0.15, 0.2) is 11.5 Å². The van der Waals surface area contributed by atoms with E-state index in [0.29, 0.717) is 5.65 Å². The van der Waals surface area contributed by atoms with Crippen LogP contribution >= 0.6 is 0 Å². The molecule has 0 atom stereocenters. The maximum absolute atomic E-state index is 12.5. The summed E-state index contributed by atoms with van der Waals surface area (Å²) in [7, 11) is 1.62. The van der Waals surface area contributed by atoms with Crippen molar-refractivity contribution >= 4 is 28.6 Å². The zero-order chi connectivity index (χ0) is 17.9. The van der Waals surface area contributed by atoms with Crippen LogP contribution in [0.3, 0.4) is 0 Å². The lowest BCUT2D eigenvalue weighted by molar-refractivity contribution is -0.120. The highest BCUT2D eigenvalue weighted by Crippen LogP contribution is 2.26. The number of ether oxygens (including phenoxy) is 1. The Morgan fingerprint density at radius 1 is 1.19 bits per heavy atom. The number of amides is 1. The molecule has 1 amide bonds. The van der Waals surface area contributed by atoms with E-state index < -0.39 is 0 Å². The fourth-order valence-electron chi connectivity index (χ4n) is 3.26. The summed E-state index contributed by atoms with van der Waals surface area (Å²) in [4.78, 5) is 30.5. The van der Waals surface area contributed by atoms with Crippen molar-refractivity contribution < 1.29 is 9.53 Å². The van der Waals surface area contributed by atoms with Crippen LogP contribution in [0.2, 0.25) is 0 Å². The molecule has 2 aromatic heterocycles. The summed E-state index contributed by atoms with van der Waals surface area (Å²) in [6.45, 7) is 1.54. The average molecular weight is 352 g/mol. The monoisotopic (exact) mass is 352 g/mol. The first-order chi connectivity index (χ1) is 12.7. The van der Waals surface area contributed by atoms with Crippen molar-refractivity contribution in [1.82, 2.24) is 19.9 Å². The standard InChI is InChI=1S/C18H20N6O2/c1-26-14-4-2-13(3-5-14)23-18(25)12-6-8-24(9-7-12)17-15-16(20-10-19-15)21-11-22-17/h2-5,10-12H,6-9H2,1H3,(H,23,25)(H,19,20,21,22). The molecule has 3 heterocycles. The molecule has 134 valence electrons. The minimum absolute atomic E-state index is 0.00699. The van der Waals surface area contributed by atoms with E-state index in [1.165, 1.54) is 6.33 Å². The van der Waals surface area contributed by atoms with Crippen molar-refractivity contribution in [2.24, 2.45) is 5.92 Å². The molecular weight excluding hydrogens is 332 g/mol. The Morgan fingerprint density at radius 2 is 1.96 bits per heavy atom. The van der Waals surface area contributed by atoms with Gasteiger partial charge in [-0.3, -0.25) is 4.79 Å². The Hall–Kier alpha value is -3.16. The SMILES string of the molecule is COc1ccc(NC(=O)C2CCN(c3ncnc4nc[nH]c34)CC2)cc1. The number of aromatic nitrogens is 4. The number of imidazole rings is 1. The molecule has 2 N–H and O–H groups in total. The van der Waals surface area contributed by atoms with Crippen LogP contribution < -0.4 is 15.0 Å². The van der Waals surface area contributed by atoms with Crippen molar-refractivity contribution in [3.63, 3.8) is 0 Å². The molecule has 1 aliphatic heterocycles. The van der Waals surface area contributed by atoms with Gasteiger partial charge in [0.05, 0.1) is 13.4 Å². The Labute approximate surface area is 150 Å². The summed E-state index contributed by atoms with van der Waals surface area (Å²) in [5, 5.41) is 2.99. The summed E-state index contributed by atoms with van der Waals surface area (Å²) in [6, 6.07) is 7.37. The fourth-order valence-corrected chi connectivity index (χ4v) is 3.26. The zero-order valence-corrected chi connectivity index (χ0v) is 14.5. The molecule has 0 bridgehead atoms. The third-order valence-electron chi connectivity index (χ3n) is 4.73. The number of nitrogens with zero attached hydrogens (tertiary/aromatic N) is 4. The van der Waals surface area contributed by atoms with Gasteiger partial charge < -0.3 is 19.9 Å². The summed E-state index contributed by atoms with van der Waals surface area (Å²) in [5.74, 6) is 1.67. The maximum Gasteiger partial charge on any atom is 0.227 e. The second-order valence-electron chi connectivity index (χ2n) is 6.28. The average Bonchev–Trinajstić information content (AvgIpc) is 3.17. The molecule has 1 saturated heterocycles. The number of piperidine rings is 1. The predicted molar refractivity (Wildman–Crippen MR) is 98.2 cm³/mol. The smallest absolute Gasteiger partial charge is 0.227 e. The van der Waals surface area contributed by atoms with Gasteiger partial charge >= 0.3 is 0 Å². The first-order valence-corrected chi connectivity index (χ1v) is 8.58. The van der Waals surface area contributed by atoms with E-state index in [0.717, 1.165) is 48.7 Å². The number of aromatic amines is 1. The van der Waals surface area contributed by atoms with Crippen LogP contribution in [0.5, 0.6) is 5.75 Å². The highest BCUT2D eigenvalue weighted by atomic mass is 16.5. The second kappa shape index (κ2) is 6.99. The van der Waals surface area contributed by atoms with Crippen LogP contribution in [0.4, 0.5) is 11.5 Å². The lowest BCUT2D eigenvalue weighted by Crippen LogP contribution is -2.38. The third kappa shape index (κ3) is 3.17. The minimum Gasteiger partial charge on any atom is -0.497 e. The van der Waals surface area contributed by atoms with Gasteiger partial charge in [-0.1, -0.05) is 0 Å². The topological polar surface area (TPSA) is 96.0 Å². The van der Waals surface area contributed by atoms with Crippen LogP contribution in [0, 0.1) is 5.92 Å². The molecule has 4 rings (SSSR count). The van der Waals surface area contributed by atoms with Gasteiger partial charge in [-0.05, 0) is 37.1 Å². The predicted octanol–water partition coefficient (Wildman–Crippen LogP) is 2.22. The largest absolute Gasteiger partial charge is 0.497 e. The minimum atomic E-state index is -0.00699. The molecule has 1 aliphatic rings. The number of carbonyl (C=O) groups is 1. The molecule has 3 aromatic rings. The molecule has 0 unspecified atom stereocenters. The molecule has 0 radical (unpaired) electrons. The van der Waals surface area contributed by atoms with Crippen LogP contribution in [0.1, 0.15) is 12.8 Å². The molecule has 8 nitrogen and oxygen atoms in total. The molecule has 0 spiro atoms. The van der Waals surface area contributed by atoms with Gasteiger partial charge in [0, 0.05) is 24.7 Å². The first kappa shape index (κ1) is 16.3. The van der Waals surface area contributed by atoms with Gasteiger partial charge in [-0.25, -0.2) is 15.0 Å². The number of hydrogen-bond acceptors (Lipinski definition) is 6. The Bertz CT molecular complexity index is 899. The second-order valence-corrected chi connectivity index (χ2v) is 6.28. The Kier molecular flexibility index (Phi) is 4.39. The number of carbonyl (C=O) groups excluding carboxylic acids is 1. The van der Waals surface area contributed by atoms with E-state index >= 15 is 0 Å². The maximum atomic E-state index is 12.5. The van der Waals surface area contributed by atoms with Crippen molar-refractivity contribution in [3.05, 3.63) is 36.9 Å². The van der Waals surface area contributed by atoms with Gasteiger partial charge in [-0.15, -0.1) is 0 Å². The van der Waals surface area contributed by atoms with E-state index in [-0.39, 0.29) is 11.8 Å². The van der Waals surface area contributed by atoms with E-state index in [1.807, 2.05) is 24.3 Å². The third-order valence-corrected chi connectivity index (χ3v) is 4.73. The lowest BCUT2D eigenvalue weighted by atomic mass is 9.95.